The number of hydrogen-bond donors (Lipinski definition) is 0. The third-order valence-corrected chi connectivity index (χ3v) is 4.89. The monoisotopic (exact) mass is 346 g/mol. The van der Waals surface area contributed by atoms with Gasteiger partial charge >= 0.3 is 0 Å². The number of carbonyl (C=O) groups is 1. The number of amides is 1. The van der Waals surface area contributed by atoms with E-state index in [4.69, 9.17) is 4.42 Å². The van der Waals surface area contributed by atoms with Crippen LogP contribution in [0.5, 0.6) is 0 Å². The van der Waals surface area contributed by atoms with Crippen LogP contribution in [0.2, 0.25) is 0 Å². The first-order chi connectivity index (χ1) is 12.8. The van der Waals surface area contributed by atoms with Gasteiger partial charge in [-0.1, -0.05) is 42.5 Å². The summed E-state index contributed by atoms with van der Waals surface area (Å²) in [6.45, 7) is 4.22. The van der Waals surface area contributed by atoms with Crippen LogP contribution in [0.4, 0.5) is 0 Å². The van der Waals surface area contributed by atoms with Gasteiger partial charge in [-0.15, -0.1) is 0 Å². The predicted molar refractivity (Wildman–Crippen MR) is 104 cm³/mol. The Morgan fingerprint density at radius 3 is 2.58 bits per heavy atom. The van der Waals surface area contributed by atoms with E-state index in [1.807, 2.05) is 17.0 Å². The Balaban J connectivity index is 1.35. The molecule has 26 heavy (non-hydrogen) atoms. The average molecular weight is 346 g/mol. The summed E-state index contributed by atoms with van der Waals surface area (Å²) in [6.07, 6.45) is 4.93. The van der Waals surface area contributed by atoms with Crippen LogP contribution in [0.1, 0.15) is 11.3 Å². The van der Waals surface area contributed by atoms with Gasteiger partial charge in [0.2, 0.25) is 5.91 Å². The minimum absolute atomic E-state index is 0.0474. The van der Waals surface area contributed by atoms with Crippen molar-refractivity contribution >= 4 is 22.8 Å². The Bertz CT molecular complexity index is 902. The largest absolute Gasteiger partial charge is 0.465 e. The van der Waals surface area contributed by atoms with Crippen molar-refractivity contribution in [3.8, 4) is 0 Å². The zero-order valence-corrected chi connectivity index (χ0v) is 14.7. The molecule has 2 aromatic carbocycles. The molecule has 1 aliphatic rings. The summed E-state index contributed by atoms with van der Waals surface area (Å²) in [7, 11) is 0. The number of rotatable bonds is 4. The molecule has 3 aromatic rings. The second-order valence-electron chi connectivity index (χ2n) is 6.59. The van der Waals surface area contributed by atoms with Gasteiger partial charge < -0.3 is 9.32 Å². The molecule has 0 radical (unpaired) electrons. The van der Waals surface area contributed by atoms with Crippen molar-refractivity contribution in [1.29, 1.82) is 0 Å². The maximum absolute atomic E-state index is 12.3. The Kier molecular flexibility index (Phi) is 4.84. The van der Waals surface area contributed by atoms with Crippen molar-refractivity contribution < 1.29 is 9.21 Å². The fourth-order valence-corrected chi connectivity index (χ4v) is 3.44. The molecule has 0 aliphatic carbocycles. The molecule has 0 spiro atoms. The van der Waals surface area contributed by atoms with Gasteiger partial charge in [-0.25, -0.2) is 0 Å². The molecule has 1 amide bonds. The van der Waals surface area contributed by atoms with Gasteiger partial charge in [0.1, 0.15) is 5.76 Å². The Labute approximate surface area is 153 Å². The van der Waals surface area contributed by atoms with Crippen molar-refractivity contribution in [2.45, 2.75) is 6.54 Å². The van der Waals surface area contributed by atoms with E-state index in [9.17, 15) is 4.79 Å². The maximum atomic E-state index is 12.3. The van der Waals surface area contributed by atoms with Crippen LogP contribution in [0.3, 0.4) is 0 Å². The summed E-state index contributed by atoms with van der Waals surface area (Å²) in [5.74, 6) is 0.749. The third-order valence-electron chi connectivity index (χ3n) is 4.89. The van der Waals surface area contributed by atoms with Gasteiger partial charge in [-0.05, 0) is 34.5 Å². The number of fused-ring (bicyclic) bond motifs is 1. The van der Waals surface area contributed by atoms with E-state index in [0.717, 1.165) is 32.7 Å². The first-order valence-corrected chi connectivity index (χ1v) is 8.99. The van der Waals surface area contributed by atoms with Crippen molar-refractivity contribution in [2.24, 2.45) is 0 Å². The summed E-state index contributed by atoms with van der Waals surface area (Å²) >= 11 is 0. The summed E-state index contributed by atoms with van der Waals surface area (Å²) in [6, 6.07) is 18.6. The number of furan rings is 1. The van der Waals surface area contributed by atoms with Crippen LogP contribution in [0.25, 0.3) is 16.8 Å². The van der Waals surface area contributed by atoms with Crippen molar-refractivity contribution in [2.75, 3.05) is 26.2 Å². The summed E-state index contributed by atoms with van der Waals surface area (Å²) in [5, 5.41) is 2.59. The molecule has 0 unspecified atom stereocenters. The first-order valence-electron chi connectivity index (χ1n) is 8.99. The topological polar surface area (TPSA) is 36.7 Å². The second kappa shape index (κ2) is 7.58. The van der Waals surface area contributed by atoms with E-state index in [1.165, 1.54) is 16.3 Å². The molecule has 0 saturated carbocycles. The highest BCUT2D eigenvalue weighted by atomic mass is 16.3. The van der Waals surface area contributed by atoms with Crippen molar-refractivity contribution in [3.63, 3.8) is 0 Å². The molecule has 1 saturated heterocycles. The van der Waals surface area contributed by atoms with E-state index in [2.05, 4.69) is 47.4 Å². The van der Waals surface area contributed by atoms with Gasteiger partial charge in [-0.2, -0.15) is 0 Å². The summed E-state index contributed by atoms with van der Waals surface area (Å²) in [5.41, 5.74) is 1.35. The minimum atomic E-state index is 0.0474. The maximum Gasteiger partial charge on any atom is 0.246 e. The highest BCUT2D eigenvalue weighted by molar-refractivity contribution is 5.91. The van der Waals surface area contributed by atoms with Gasteiger partial charge in [0.05, 0.1) is 6.26 Å². The smallest absolute Gasteiger partial charge is 0.246 e. The zero-order valence-electron chi connectivity index (χ0n) is 14.7. The molecule has 1 aromatic heterocycles. The van der Waals surface area contributed by atoms with Crippen LogP contribution < -0.4 is 0 Å². The molecule has 0 N–H and O–H groups in total. The van der Waals surface area contributed by atoms with Crippen LogP contribution >= 0.6 is 0 Å². The Morgan fingerprint density at radius 2 is 1.77 bits per heavy atom. The predicted octanol–water partition coefficient (Wildman–Crippen LogP) is 3.79. The number of carbonyl (C=O) groups excluding carboxylic acids is 1. The summed E-state index contributed by atoms with van der Waals surface area (Å²) in [4.78, 5) is 16.6. The first kappa shape index (κ1) is 16.6. The molecule has 4 heteroatoms. The van der Waals surface area contributed by atoms with E-state index < -0.39 is 0 Å². The zero-order chi connectivity index (χ0) is 17.8. The Morgan fingerprint density at radius 1 is 0.962 bits per heavy atom. The third kappa shape index (κ3) is 3.70. The number of piperazine rings is 1. The molecule has 0 bridgehead atoms. The highest BCUT2D eigenvalue weighted by Crippen LogP contribution is 2.20. The van der Waals surface area contributed by atoms with Gasteiger partial charge in [0.15, 0.2) is 0 Å². The van der Waals surface area contributed by atoms with E-state index in [-0.39, 0.29) is 5.91 Å². The normalized spacial score (nSPS) is 15.8. The van der Waals surface area contributed by atoms with E-state index in [0.29, 0.717) is 5.76 Å². The lowest BCUT2D eigenvalue weighted by Crippen LogP contribution is -2.47. The SMILES string of the molecule is O=C(/C=C/c1ccco1)N1CCN(Cc2cccc3ccccc23)CC1. The van der Waals surface area contributed by atoms with Crippen LogP contribution in [-0.4, -0.2) is 41.9 Å². The van der Waals surface area contributed by atoms with Crippen LogP contribution in [0.15, 0.2) is 71.4 Å². The molecule has 2 heterocycles. The highest BCUT2D eigenvalue weighted by Gasteiger charge is 2.20. The van der Waals surface area contributed by atoms with E-state index in [1.54, 1.807) is 18.4 Å². The molecular formula is C22H22N2O2. The molecule has 0 atom stereocenters. The fourth-order valence-electron chi connectivity index (χ4n) is 3.44. The number of hydrogen-bond acceptors (Lipinski definition) is 3. The van der Waals surface area contributed by atoms with Crippen molar-refractivity contribution in [3.05, 3.63) is 78.3 Å². The second-order valence-corrected chi connectivity index (χ2v) is 6.59. The lowest BCUT2D eigenvalue weighted by molar-refractivity contribution is -0.127. The van der Waals surface area contributed by atoms with Gasteiger partial charge in [0, 0.05) is 38.8 Å². The lowest BCUT2D eigenvalue weighted by Gasteiger charge is -2.34. The Hall–Kier alpha value is -2.85. The average Bonchev–Trinajstić information content (AvgIpc) is 3.21. The quantitative estimate of drug-likeness (QED) is 0.675. The van der Waals surface area contributed by atoms with E-state index >= 15 is 0 Å². The molecule has 4 nitrogen and oxygen atoms in total. The molecular weight excluding hydrogens is 324 g/mol. The molecule has 4 rings (SSSR count). The number of nitrogens with zero attached hydrogens (tertiary/aromatic N) is 2. The van der Waals surface area contributed by atoms with Gasteiger partial charge in [-0.3, -0.25) is 9.69 Å². The molecule has 1 fully saturated rings. The minimum Gasteiger partial charge on any atom is -0.465 e. The van der Waals surface area contributed by atoms with Crippen LogP contribution in [-0.2, 0) is 11.3 Å². The fraction of sp³-hybridized carbons (Fsp3) is 0.227. The molecule has 132 valence electrons. The molecule has 1 aliphatic heterocycles. The van der Waals surface area contributed by atoms with Crippen molar-refractivity contribution in [1.82, 2.24) is 9.80 Å². The lowest BCUT2D eigenvalue weighted by atomic mass is 10.0. The standard InChI is InChI=1S/C22H22N2O2/c25-22(11-10-20-8-4-16-26-20)24-14-12-23(13-15-24)17-19-7-3-6-18-5-1-2-9-21(18)19/h1-11,16H,12-15,17H2/b11-10+. The summed E-state index contributed by atoms with van der Waals surface area (Å²) < 4.78 is 5.22. The van der Waals surface area contributed by atoms with Gasteiger partial charge in [0.25, 0.3) is 0 Å². The number of benzene rings is 2. The van der Waals surface area contributed by atoms with Crippen LogP contribution in [0, 0.1) is 0 Å².